The second-order valence-corrected chi connectivity index (χ2v) is 5.05. The summed E-state index contributed by atoms with van der Waals surface area (Å²) in [7, 11) is 0. The van der Waals surface area contributed by atoms with Crippen molar-refractivity contribution in [1.82, 2.24) is 0 Å². The minimum Gasteiger partial charge on any atom is -0.459 e. The number of thiophene rings is 1. The van der Waals surface area contributed by atoms with E-state index < -0.39 is 0 Å². The van der Waals surface area contributed by atoms with Gasteiger partial charge in [0.2, 0.25) is 0 Å². The Balaban J connectivity index is 2.15. The molecule has 4 heteroatoms. The zero-order valence-corrected chi connectivity index (χ0v) is 10.6. The van der Waals surface area contributed by atoms with Crippen LogP contribution in [0.15, 0.2) is 39.4 Å². The summed E-state index contributed by atoms with van der Waals surface area (Å²) in [5.74, 6) is 0.441. The summed E-state index contributed by atoms with van der Waals surface area (Å²) in [6.45, 7) is 1.91. The maximum absolute atomic E-state index is 13.2. The molecule has 0 saturated heterocycles. The minimum absolute atomic E-state index is 0.262. The quantitative estimate of drug-likeness (QED) is 0.757. The summed E-state index contributed by atoms with van der Waals surface area (Å²) in [6, 6.07) is 6.19. The third-order valence-corrected chi connectivity index (χ3v) is 3.82. The van der Waals surface area contributed by atoms with Gasteiger partial charge < -0.3 is 10.2 Å². The van der Waals surface area contributed by atoms with E-state index in [4.69, 9.17) is 10.2 Å². The molecular formula is C14H12FNOS. The van der Waals surface area contributed by atoms with Crippen molar-refractivity contribution in [3.8, 4) is 0 Å². The van der Waals surface area contributed by atoms with Gasteiger partial charge in [0.05, 0.1) is 6.04 Å². The van der Waals surface area contributed by atoms with E-state index in [2.05, 4.69) is 0 Å². The van der Waals surface area contributed by atoms with Gasteiger partial charge in [0.15, 0.2) is 0 Å². The maximum Gasteiger partial charge on any atom is 0.134 e. The molecule has 0 amide bonds. The van der Waals surface area contributed by atoms with Crippen LogP contribution in [0.2, 0.25) is 0 Å². The summed E-state index contributed by atoms with van der Waals surface area (Å²) in [5.41, 5.74) is 8.78. The molecule has 0 aliphatic carbocycles. The molecule has 3 aromatic rings. The number of fused-ring (bicyclic) bond motifs is 1. The molecule has 2 N–H and O–H groups in total. The van der Waals surface area contributed by atoms with Crippen LogP contribution in [0.5, 0.6) is 0 Å². The number of hydrogen-bond donors (Lipinski definition) is 1. The molecule has 1 atom stereocenters. The summed E-state index contributed by atoms with van der Waals surface area (Å²) < 4.78 is 19.0. The molecule has 0 spiro atoms. The van der Waals surface area contributed by atoms with Crippen LogP contribution in [0.3, 0.4) is 0 Å². The van der Waals surface area contributed by atoms with Gasteiger partial charge in [-0.15, -0.1) is 0 Å². The van der Waals surface area contributed by atoms with E-state index in [9.17, 15) is 4.39 Å². The van der Waals surface area contributed by atoms with Gasteiger partial charge in [-0.1, -0.05) is 0 Å². The first kappa shape index (κ1) is 11.4. The van der Waals surface area contributed by atoms with Crippen molar-refractivity contribution in [2.75, 3.05) is 0 Å². The molecule has 0 fully saturated rings. The number of furan rings is 1. The van der Waals surface area contributed by atoms with Gasteiger partial charge in [-0.2, -0.15) is 11.3 Å². The number of hydrogen-bond acceptors (Lipinski definition) is 3. The fourth-order valence-corrected chi connectivity index (χ4v) is 2.81. The average Bonchev–Trinajstić information content (AvgIpc) is 2.98. The minimum atomic E-state index is -0.299. The predicted octanol–water partition coefficient (Wildman–Crippen LogP) is 3.99. The molecule has 0 aliphatic rings. The van der Waals surface area contributed by atoms with Gasteiger partial charge in [0.1, 0.15) is 17.2 Å². The van der Waals surface area contributed by atoms with Gasteiger partial charge in [-0.3, -0.25) is 0 Å². The van der Waals surface area contributed by atoms with E-state index in [1.807, 2.05) is 23.8 Å². The zero-order valence-electron chi connectivity index (χ0n) is 9.81. The number of nitrogens with two attached hydrogens (primary N) is 1. The van der Waals surface area contributed by atoms with E-state index in [1.54, 1.807) is 17.4 Å². The molecule has 2 heterocycles. The highest BCUT2D eigenvalue weighted by molar-refractivity contribution is 7.08. The van der Waals surface area contributed by atoms with Crippen LogP contribution in [0, 0.1) is 12.7 Å². The molecule has 2 aromatic heterocycles. The Morgan fingerprint density at radius 1 is 1.33 bits per heavy atom. The van der Waals surface area contributed by atoms with Crippen molar-refractivity contribution in [3.63, 3.8) is 0 Å². The van der Waals surface area contributed by atoms with Crippen molar-refractivity contribution in [1.29, 1.82) is 0 Å². The average molecular weight is 261 g/mol. The Morgan fingerprint density at radius 3 is 2.89 bits per heavy atom. The Morgan fingerprint density at radius 2 is 2.17 bits per heavy atom. The number of aryl methyl sites for hydroxylation is 1. The van der Waals surface area contributed by atoms with Crippen LogP contribution in [-0.2, 0) is 0 Å². The molecule has 0 saturated carbocycles. The molecule has 1 unspecified atom stereocenters. The van der Waals surface area contributed by atoms with E-state index in [1.165, 1.54) is 12.1 Å². The van der Waals surface area contributed by atoms with E-state index in [0.717, 1.165) is 16.5 Å². The second-order valence-electron chi connectivity index (χ2n) is 4.27. The third-order valence-electron chi connectivity index (χ3n) is 3.12. The molecule has 92 valence electrons. The van der Waals surface area contributed by atoms with Gasteiger partial charge in [0.25, 0.3) is 0 Å². The van der Waals surface area contributed by atoms with E-state index in [0.29, 0.717) is 11.3 Å². The summed E-state index contributed by atoms with van der Waals surface area (Å²) in [4.78, 5) is 0. The Hall–Kier alpha value is -1.65. The molecule has 1 aromatic carbocycles. The molecule has 18 heavy (non-hydrogen) atoms. The summed E-state index contributed by atoms with van der Waals surface area (Å²) >= 11 is 1.60. The summed E-state index contributed by atoms with van der Waals surface area (Å²) in [5, 5.41) is 4.76. The normalized spacial score (nSPS) is 13.1. The van der Waals surface area contributed by atoms with Gasteiger partial charge >= 0.3 is 0 Å². The first-order valence-electron chi connectivity index (χ1n) is 5.63. The van der Waals surface area contributed by atoms with Crippen LogP contribution in [0.4, 0.5) is 4.39 Å². The smallest absolute Gasteiger partial charge is 0.134 e. The number of benzene rings is 1. The van der Waals surface area contributed by atoms with E-state index >= 15 is 0 Å². The standard InChI is InChI=1S/C14H12FNOS/c1-8-11-6-10(15)2-3-12(11)17-14(8)13(16)9-4-5-18-7-9/h2-7,13H,16H2,1H3. The highest BCUT2D eigenvalue weighted by atomic mass is 32.1. The molecule has 0 radical (unpaired) electrons. The lowest BCUT2D eigenvalue weighted by molar-refractivity contribution is 0.521. The molecule has 2 nitrogen and oxygen atoms in total. The van der Waals surface area contributed by atoms with Crippen LogP contribution >= 0.6 is 11.3 Å². The first-order chi connectivity index (χ1) is 8.66. The third kappa shape index (κ3) is 1.74. The van der Waals surface area contributed by atoms with Gasteiger partial charge in [-0.05, 0) is 47.5 Å². The fourth-order valence-electron chi connectivity index (χ4n) is 2.11. The monoisotopic (exact) mass is 261 g/mol. The molecular weight excluding hydrogens is 249 g/mol. The lowest BCUT2D eigenvalue weighted by Crippen LogP contribution is -2.10. The molecule has 0 aliphatic heterocycles. The van der Waals surface area contributed by atoms with Crippen LogP contribution < -0.4 is 5.73 Å². The zero-order chi connectivity index (χ0) is 12.7. The van der Waals surface area contributed by atoms with E-state index in [-0.39, 0.29) is 11.9 Å². The first-order valence-corrected chi connectivity index (χ1v) is 6.57. The Labute approximate surface area is 108 Å². The second kappa shape index (κ2) is 4.23. The van der Waals surface area contributed by atoms with Crippen LogP contribution in [0.25, 0.3) is 11.0 Å². The SMILES string of the molecule is Cc1c(C(N)c2ccsc2)oc2ccc(F)cc12. The fraction of sp³-hybridized carbons (Fsp3) is 0.143. The predicted molar refractivity (Wildman–Crippen MR) is 71.3 cm³/mol. The lowest BCUT2D eigenvalue weighted by atomic mass is 10.0. The van der Waals surface area contributed by atoms with Crippen molar-refractivity contribution in [2.24, 2.45) is 5.73 Å². The lowest BCUT2D eigenvalue weighted by Gasteiger charge is -2.07. The van der Waals surface area contributed by atoms with Crippen molar-refractivity contribution >= 4 is 22.3 Å². The highest BCUT2D eigenvalue weighted by Gasteiger charge is 2.19. The van der Waals surface area contributed by atoms with Crippen molar-refractivity contribution < 1.29 is 8.81 Å². The Bertz CT molecular complexity index is 687. The maximum atomic E-state index is 13.2. The van der Waals surface area contributed by atoms with Gasteiger partial charge in [-0.25, -0.2) is 4.39 Å². The Kier molecular flexibility index (Phi) is 2.69. The van der Waals surface area contributed by atoms with Crippen LogP contribution in [-0.4, -0.2) is 0 Å². The van der Waals surface area contributed by atoms with Crippen LogP contribution in [0.1, 0.15) is 22.9 Å². The highest BCUT2D eigenvalue weighted by Crippen LogP contribution is 2.32. The van der Waals surface area contributed by atoms with Crippen molar-refractivity contribution in [2.45, 2.75) is 13.0 Å². The molecule has 3 rings (SSSR count). The summed E-state index contributed by atoms with van der Waals surface area (Å²) in [6.07, 6.45) is 0. The molecule has 0 bridgehead atoms. The largest absolute Gasteiger partial charge is 0.459 e. The van der Waals surface area contributed by atoms with Crippen molar-refractivity contribution in [3.05, 3.63) is 57.7 Å². The topological polar surface area (TPSA) is 39.2 Å². The number of rotatable bonds is 2. The van der Waals surface area contributed by atoms with Gasteiger partial charge in [0, 0.05) is 10.9 Å². The number of halogens is 1.